The van der Waals surface area contributed by atoms with Gasteiger partial charge in [-0.25, -0.2) is 0 Å². The molecule has 0 unspecified atom stereocenters. The van der Waals surface area contributed by atoms with Gasteiger partial charge in [-0.15, -0.1) is 10.2 Å². The summed E-state index contributed by atoms with van der Waals surface area (Å²) < 4.78 is 1.71. The van der Waals surface area contributed by atoms with Gasteiger partial charge in [-0.1, -0.05) is 11.3 Å². The number of nitrogens with zero attached hydrogens (tertiary/aromatic N) is 6. The van der Waals surface area contributed by atoms with Crippen LogP contribution in [0.4, 0.5) is 0 Å². The van der Waals surface area contributed by atoms with Gasteiger partial charge >= 0.3 is 0 Å². The lowest BCUT2D eigenvalue weighted by atomic mass is 10.1. The number of hydrogen-bond donors (Lipinski definition) is 2. The van der Waals surface area contributed by atoms with Crippen LogP contribution < -0.4 is 5.32 Å². The van der Waals surface area contributed by atoms with Crippen molar-refractivity contribution in [3.8, 4) is 0 Å². The van der Waals surface area contributed by atoms with Crippen molar-refractivity contribution in [1.82, 2.24) is 40.5 Å². The molecule has 0 bridgehead atoms. The van der Waals surface area contributed by atoms with Gasteiger partial charge in [0, 0.05) is 36.6 Å². The summed E-state index contributed by atoms with van der Waals surface area (Å²) >= 11 is 0. The van der Waals surface area contributed by atoms with Gasteiger partial charge in [-0.05, 0) is 61.8 Å². The fraction of sp³-hybridized carbons (Fsp3) is 0.364. The van der Waals surface area contributed by atoms with Gasteiger partial charge in [0.1, 0.15) is 0 Å². The van der Waals surface area contributed by atoms with E-state index in [2.05, 4.69) is 47.9 Å². The van der Waals surface area contributed by atoms with Crippen LogP contribution in [-0.4, -0.2) is 41.1 Å². The Labute approximate surface area is 179 Å². The number of aryl methyl sites for hydroxylation is 2. The van der Waals surface area contributed by atoms with Gasteiger partial charge in [0.05, 0.1) is 11.9 Å². The number of aromatic amines is 1. The van der Waals surface area contributed by atoms with Crippen LogP contribution in [0.2, 0.25) is 0 Å². The lowest BCUT2D eigenvalue weighted by Crippen LogP contribution is -2.23. The standard InChI is InChI=1S/C22H24N8O/c31-22(24-13-15-4-3-8-23-12-15)20-14-30(29-27-20)9-2-1-5-18-10-17-11-19(16-6-7-16)25-21(17)28-26-18/h3-4,8,10-12,14,16H,1-2,5-7,9,13H2,(H,24,31)(H,25,28). The van der Waals surface area contributed by atoms with Crippen LogP contribution in [0.3, 0.4) is 0 Å². The SMILES string of the molecule is O=C(NCc1cccnc1)c1cn(CCCCc2cc3cc(C4CC4)[nH]c3nn2)nn1. The molecule has 1 aliphatic carbocycles. The van der Waals surface area contributed by atoms with Crippen LogP contribution in [0.5, 0.6) is 0 Å². The molecule has 4 aromatic rings. The molecule has 0 aromatic carbocycles. The summed E-state index contributed by atoms with van der Waals surface area (Å²) in [5.41, 5.74) is 4.42. The molecule has 9 heteroatoms. The summed E-state index contributed by atoms with van der Waals surface area (Å²) in [5, 5.41) is 20.7. The van der Waals surface area contributed by atoms with Gasteiger partial charge in [0.25, 0.3) is 5.91 Å². The molecule has 0 atom stereocenters. The highest BCUT2D eigenvalue weighted by molar-refractivity contribution is 5.91. The molecule has 1 saturated carbocycles. The third-order valence-electron chi connectivity index (χ3n) is 5.48. The number of nitrogens with one attached hydrogen (secondary N) is 2. The Morgan fingerprint density at radius 3 is 2.97 bits per heavy atom. The second-order valence-corrected chi connectivity index (χ2v) is 8.01. The van der Waals surface area contributed by atoms with Crippen molar-refractivity contribution in [2.75, 3.05) is 0 Å². The van der Waals surface area contributed by atoms with Crippen molar-refractivity contribution in [2.45, 2.75) is 51.1 Å². The molecule has 4 heterocycles. The highest BCUT2D eigenvalue weighted by Gasteiger charge is 2.25. The molecule has 2 N–H and O–H groups in total. The number of fused-ring (bicyclic) bond motifs is 1. The van der Waals surface area contributed by atoms with Crippen molar-refractivity contribution in [2.24, 2.45) is 0 Å². The first-order chi connectivity index (χ1) is 15.2. The molecule has 9 nitrogen and oxygen atoms in total. The molecule has 0 saturated heterocycles. The average molecular weight is 416 g/mol. The van der Waals surface area contributed by atoms with Crippen LogP contribution in [0, 0.1) is 0 Å². The van der Waals surface area contributed by atoms with Crippen molar-refractivity contribution in [1.29, 1.82) is 0 Å². The van der Waals surface area contributed by atoms with Crippen molar-refractivity contribution >= 4 is 16.9 Å². The number of unbranched alkanes of at least 4 members (excludes halogenated alkanes) is 1. The number of amides is 1. The molecule has 0 radical (unpaired) electrons. The number of carbonyl (C=O) groups excluding carboxylic acids is 1. The van der Waals surface area contributed by atoms with Crippen molar-refractivity contribution < 1.29 is 4.79 Å². The van der Waals surface area contributed by atoms with E-state index in [1.807, 2.05) is 12.1 Å². The Morgan fingerprint density at radius 2 is 2.13 bits per heavy atom. The van der Waals surface area contributed by atoms with Crippen molar-refractivity contribution in [3.63, 3.8) is 0 Å². The van der Waals surface area contributed by atoms with E-state index in [9.17, 15) is 4.79 Å². The summed E-state index contributed by atoms with van der Waals surface area (Å²) in [6.07, 6.45) is 10.4. The number of pyridine rings is 1. The predicted octanol–water partition coefficient (Wildman–Crippen LogP) is 2.77. The van der Waals surface area contributed by atoms with Crippen LogP contribution in [0.15, 0.2) is 42.9 Å². The molecular formula is C22H24N8O. The maximum absolute atomic E-state index is 12.2. The maximum atomic E-state index is 12.2. The highest BCUT2D eigenvalue weighted by atomic mass is 16.2. The van der Waals surface area contributed by atoms with E-state index >= 15 is 0 Å². The number of aromatic nitrogens is 7. The molecule has 31 heavy (non-hydrogen) atoms. The molecule has 1 fully saturated rings. The smallest absolute Gasteiger partial charge is 0.273 e. The molecular weight excluding hydrogens is 392 g/mol. The molecule has 5 rings (SSSR count). The summed E-state index contributed by atoms with van der Waals surface area (Å²) in [4.78, 5) is 19.6. The van der Waals surface area contributed by atoms with Crippen LogP contribution in [0.1, 0.15) is 59.0 Å². The Morgan fingerprint density at radius 1 is 1.19 bits per heavy atom. The molecule has 1 aliphatic rings. The zero-order valence-corrected chi connectivity index (χ0v) is 17.2. The topological polar surface area (TPSA) is 114 Å². The van der Waals surface area contributed by atoms with Crippen molar-refractivity contribution in [3.05, 3.63) is 65.5 Å². The largest absolute Gasteiger partial charge is 0.346 e. The van der Waals surface area contributed by atoms with Crippen LogP contribution >= 0.6 is 0 Å². The first kappa shape index (κ1) is 19.3. The van der Waals surface area contributed by atoms with E-state index < -0.39 is 0 Å². The van der Waals surface area contributed by atoms with E-state index in [1.54, 1.807) is 23.3 Å². The Hall–Kier alpha value is -3.62. The summed E-state index contributed by atoms with van der Waals surface area (Å²) in [6.45, 7) is 1.11. The first-order valence-corrected chi connectivity index (χ1v) is 10.7. The average Bonchev–Trinajstić information content (AvgIpc) is 3.39. The van der Waals surface area contributed by atoms with Gasteiger partial charge < -0.3 is 10.3 Å². The number of hydrogen-bond acceptors (Lipinski definition) is 6. The minimum Gasteiger partial charge on any atom is -0.346 e. The number of rotatable bonds is 9. The minimum atomic E-state index is -0.240. The van der Waals surface area contributed by atoms with E-state index in [0.717, 1.165) is 41.6 Å². The molecule has 158 valence electrons. The van der Waals surface area contributed by atoms with Gasteiger partial charge in [-0.3, -0.25) is 14.5 Å². The van der Waals surface area contributed by atoms with E-state index in [-0.39, 0.29) is 5.91 Å². The zero-order valence-electron chi connectivity index (χ0n) is 17.2. The Balaban J connectivity index is 1.08. The Bertz CT molecular complexity index is 1180. The minimum absolute atomic E-state index is 0.240. The molecule has 1 amide bonds. The summed E-state index contributed by atoms with van der Waals surface area (Å²) in [5.74, 6) is 0.443. The maximum Gasteiger partial charge on any atom is 0.273 e. The lowest BCUT2D eigenvalue weighted by Gasteiger charge is -2.02. The van der Waals surface area contributed by atoms with Gasteiger partial charge in [-0.2, -0.15) is 5.10 Å². The van der Waals surface area contributed by atoms with Crippen LogP contribution in [-0.2, 0) is 19.5 Å². The quantitative estimate of drug-likeness (QED) is 0.406. The van der Waals surface area contributed by atoms with Gasteiger partial charge in [0.2, 0.25) is 0 Å². The van der Waals surface area contributed by atoms with E-state index in [1.165, 1.54) is 18.5 Å². The predicted molar refractivity (Wildman–Crippen MR) is 114 cm³/mol. The number of carbonyl (C=O) groups is 1. The highest BCUT2D eigenvalue weighted by Crippen LogP contribution is 2.40. The fourth-order valence-electron chi connectivity index (χ4n) is 3.60. The third kappa shape index (κ3) is 4.76. The molecule has 0 spiro atoms. The second kappa shape index (κ2) is 8.63. The van der Waals surface area contributed by atoms with E-state index in [4.69, 9.17) is 0 Å². The zero-order chi connectivity index (χ0) is 21.0. The molecule has 0 aliphatic heterocycles. The molecule has 4 aromatic heterocycles. The third-order valence-corrected chi connectivity index (χ3v) is 5.48. The lowest BCUT2D eigenvalue weighted by molar-refractivity contribution is 0.0946. The van der Waals surface area contributed by atoms with Crippen LogP contribution in [0.25, 0.3) is 11.0 Å². The summed E-state index contributed by atoms with van der Waals surface area (Å²) in [7, 11) is 0. The van der Waals surface area contributed by atoms with Gasteiger partial charge in [0.15, 0.2) is 11.3 Å². The summed E-state index contributed by atoms with van der Waals surface area (Å²) in [6, 6.07) is 8.09. The van der Waals surface area contributed by atoms with E-state index in [0.29, 0.717) is 24.7 Å². The normalized spacial score (nSPS) is 13.5. The fourth-order valence-corrected chi connectivity index (χ4v) is 3.60. The first-order valence-electron chi connectivity index (χ1n) is 10.7. The monoisotopic (exact) mass is 416 g/mol. The number of H-pyrrole nitrogens is 1. The second-order valence-electron chi connectivity index (χ2n) is 8.01. The Kier molecular flexibility index (Phi) is 5.39.